The molecular weight excluding hydrogens is 292 g/mol. The van der Waals surface area contributed by atoms with E-state index < -0.39 is 16.5 Å². The monoisotopic (exact) mass is 320 g/mol. The van der Waals surface area contributed by atoms with E-state index in [1.165, 1.54) is 19.3 Å². The normalized spacial score (nSPS) is 13.9. The van der Waals surface area contributed by atoms with Gasteiger partial charge in [0.15, 0.2) is 6.54 Å². The molecule has 7 heteroatoms. The first-order chi connectivity index (χ1) is 9.70. The highest BCUT2D eigenvalue weighted by Crippen LogP contribution is 2.14. The first kappa shape index (κ1) is 20.3. The number of quaternary nitrogens is 1. The quantitative estimate of drug-likeness (QED) is 0.181. The molecule has 0 N–H and O–H groups in total. The van der Waals surface area contributed by atoms with Gasteiger partial charge in [-0.25, -0.2) is 8.42 Å². The summed E-state index contributed by atoms with van der Waals surface area (Å²) in [7, 11) is -1.07. The second kappa shape index (κ2) is 10.1. The van der Waals surface area contributed by atoms with Gasteiger partial charge in [0.05, 0.1) is 14.1 Å². The Kier molecular flexibility index (Phi) is 9.79. The Labute approximate surface area is 129 Å². The summed E-state index contributed by atoms with van der Waals surface area (Å²) in [5.41, 5.74) is 0. The molecule has 0 bridgehead atoms. The van der Waals surface area contributed by atoms with Crippen LogP contribution < -0.4 is 0 Å². The Morgan fingerprint density at radius 2 is 1.76 bits per heavy atom. The van der Waals surface area contributed by atoms with Crippen LogP contribution in [0.25, 0.3) is 0 Å². The van der Waals surface area contributed by atoms with Crippen LogP contribution in [0.1, 0.15) is 51.9 Å². The van der Waals surface area contributed by atoms with Crippen molar-refractivity contribution in [3.63, 3.8) is 0 Å². The van der Waals surface area contributed by atoms with Crippen LogP contribution in [0.3, 0.4) is 0 Å². The first-order valence-corrected chi connectivity index (χ1v) is 8.86. The molecule has 0 saturated carbocycles. The van der Waals surface area contributed by atoms with E-state index in [2.05, 4.69) is 17.2 Å². The van der Waals surface area contributed by atoms with E-state index >= 15 is 0 Å². The molecule has 0 aromatic heterocycles. The third-order valence-electron chi connectivity index (χ3n) is 3.33. The number of unbranched alkanes of at least 4 members (excludes halogenated alkanes) is 5. The van der Waals surface area contributed by atoms with E-state index in [4.69, 9.17) is 5.26 Å². The molecular formula is C14H28N2O4S. The van der Waals surface area contributed by atoms with Gasteiger partial charge in [-0.1, -0.05) is 45.4 Å². The lowest BCUT2D eigenvalue weighted by atomic mass is 10.1. The molecule has 21 heavy (non-hydrogen) atoms. The van der Waals surface area contributed by atoms with E-state index in [0.717, 1.165) is 19.3 Å². The summed E-state index contributed by atoms with van der Waals surface area (Å²) in [4.78, 5) is 0. The predicted molar refractivity (Wildman–Crippen MR) is 80.0 cm³/mol. The molecule has 0 amide bonds. The minimum absolute atomic E-state index is 0.245. The largest absolute Gasteiger partial charge is 0.726 e. The molecule has 0 aliphatic rings. The number of hydrogen-bond donors (Lipinski definition) is 0. The summed E-state index contributed by atoms with van der Waals surface area (Å²) in [6.07, 6.45) is 6.39. The van der Waals surface area contributed by atoms with Crippen molar-refractivity contribution in [1.29, 1.82) is 5.26 Å². The Hall–Kier alpha value is -0.680. The Morgan fingerprint density at radius 1 is 1.19 bits per heavy atom. The van der Waals surface area contributed by atoms with Gasteiger partial charge in [0, 0.05) is 0 Å². The molecule has 0 saturated heterocycles. The molecule has 0 aromatic rings. The van der Waals surface area contributed by atoms with Crippen LogP contribution in [-0.4, -0.2) is 50.7 Å². The van der Waals surface area contributed by atoms with Crippen LogP contribution in [0.15, 0.2) is 0 Å². The van der Waals surface area contributed by atoms with Crippen LogP contribution in [0, 0.1) is 11.3 Å². The Bertz CT molecular complexity index is 415. The molecule has 0 aromatic carbocycles. The lowest BCUT2D eigenvalue weighted by Crippen LogP contribution is -2.46. The highest BCUT2D eigenvalue weighted by atomic mass is 32.3. The maximum atomic E-state index is 10.8. The van der Waals surface area contributed by atoms with Crippen LogP contribution in [0.4, 0.5) is 0 Å². The summed E-state index contributed by atoms with van der Waals surface area (Å²) in [6.45, 7) is 2.73. The van der Waals surface area contributed by atoms with Gasteiger partial charge in [0.1, 0.15) is 18.7 Å². The Morgan fingerprint density at radius 3 is 2.29 bits per heavy atom. The van der Waals surface area contributed by atoms with E-state index in [9.17, 15) is 13.0 Å². The summed E-state index contributed by atoms with van der Waals surface area (Å²) < 4.78 is 37.4. The Balaban J connectivity index is 4.31. The predicted octanol–water partition coefficient (Wildman–Crippen LogP) is 2.18. The van der Waals surface area contributed by atoms with Crippen molar-refractivity contribution in [3.8, 4) is 6.07 Å². The molecule has 1 atom stereocenters. The average Bonchev–Trinajstić information content (AvgIpc) is 2.30. The fourth-order valence-corrected chi connectivity index (χ4v) is 2.79. The van der Waals surface area contributed by atoms with Gasteiger partial charge in [-0.3, -0.25) is 4.18 Å². The maximum absolute atomic E-state index is 10.8. The average molecular weight is 320 g/mol. The van der Waals surface area contributed by atoms with Crippen molar-refractivity contribution in [3.05, 3.63) is 0 Å². The van der Waals surface area contributed by atoms with Gasteiger partial charge >= 0.3 is 0 Å². The minimum atomic E-state index is -4.70. The standard InChI is InChI=1S/C14H28N2O4S/c1-4-5-6-7-8-9-10-14(20-21(17,18)19)13-16(2,3)12-11-15/h14H,4-10,12-13H2,1-3H3. The SMILES string of the molecule is CCCCCCCCC(C[N+](C)(C)CC#N)OS(=O)(=O)[O-]. The van der Waals surface area contributed by atoms with Gasteiger partial charge in [-0.2, -0.15) is 5.26 Å². The van der Waals surface area contributed by atoms with Crippen molar-refractivity contribution < 1.29 is 21.6 Å². The summed E-state index contributed by atoms with van der Waals surface area (Å²) in [5, 5.41) is 8.76. The zero-order valence-electron chi connectivity index (χ0n) is 13.4. The lowest BCUT2D eigenvalue weighted by molar-refractivity contribution is -0.886. The van der Waals surface area contributed by atoms with E-state index in [0.29, 0.717) is 17.4 Å². The molecule has 124 valence electrons. The van der Waals surface area contributed by atoms with Crippen LogP contribution in [0.5, 0.6) is 0 Å². The van der Waals surface area contributed by atoms with E-state index in [-0.39, 0.29) is 6.54 Å². The van der Waals surface area contributed by atoms with E-state index in [1.54, 1.807) is 0 Å². The highest BCUT2D eigenvalue weighted by Gasteiger charge is 2.24. The van der Waals surface area contributed by atoms with Gasteiger partial charge < -0.3 is 9.04 Å². The third kappa shape index (κ3) is 12.8. The molecule has 1 unspecified atom stereocenters. The second-order valence-corrected chi connectivity index (χ2v) is 7.13. The van der Waals surface area contributed by atoms with Crippen molar-refractivity contribution in [2.45, 2.75) is 58.0 Å². The van der Waals surface area contributed by atoms with Gasteiger partial charge in [-0.15, -0.1) is 0 Å². The maximum Gasteiger partial charge on any atom is 0.218 e. The molecule has 0 aliphatic carbocycles. The van der Waals surface area contributed by atoms with Crippen LogP contribution in [-0.2, 0) is 14.6 Å². The van der Waals surface area contributed by atoms with Crippen molar-refractivity contribution >= 4 is 10.4 Å². The number of nitrogens with zero attached hydrogens (tertiary/aromatic N) is 2. The fourth-order valence-electron chi connectivity index (χ4n) is 2.30. The summed E-state index contributed by atoms with van der Waals surface area (Å²) in [6, 6.07) is 2.06. The first-order valence-electron chi connectivity index (χ1n) is 7.53. The van der Waals surface area contributed by atoms with Gasteiger partial charge in [-0.05, 0) is 6.42 Å². The lowest BCUT2D eigenvalue weighted by Gasteiger charge is -2.31. The zero-order valence-corrected chi connectivity index (χ0v) is 14.2. The minimum Gasteiger partial charge on any atom is -0.726 e. The summed E-state index contributed by atoms with van der Waals surface area (Å²) >= 11 is 0. The van der Waals surface area contributed by atoms with E-state index in [1.807, 2.05) is 14.1 Å². The second-order valence-electron chi connectivity index (χ2n) is 6.12. The number of nitriles is 1. The zero-order chi connectivity index (χ0) is 16.4. The smallest absolute Gasteiger partial charge is 0.218 e. The fraction of sp³-hybridized carbons (Fsp3) is 0.929. The summed E-state index contributed by atoms with van der Waals surface area (Å²) in [5.74, 6) is 0. The van der Waals surface area contributed by atoms with Gasteiger partial charge in [0.2, 0.25) is 10.4 Å². The third-order valence-corrected chi connectivity index (χ3v) is 3.84. The van der Waals surface area contributed by atoms with Crippen molar-refractivity contribution in [1.82, 2.24) is 0 Å². The molecule has 6 nitrogen and oxygen atoms in total. The van der Waals surface area contributed by atoms with Crippen LogP contribution in [0.2, 0.25) is 0 Å². The van der Waals surface area contributed by atoms with Crippen molar-refractivity contribution in [2.75, 3.05) is 27.2 Å². The number of rotatable bonds is 12. The molecule has 0 fully saturated rings. The number of likely N-dealkylation sites (N-methyl/N-ethyl adjacent to an activating group) is 1. The van der Waals surface area contributed by atoms with Gasteiger partial charge in [0.25, 0.3) is 0 Å². The number of hydrogen-bond acceptors (Lipinski definition) is 5. The topological polar surface area (TPSA) is 90.2 Å². The molecule has 0 heterocycles. The molecule has 0 rings (SSSR count). The molecule has 0 radical (unpaired) electrons. The highest BCUT2D eigenvalue weighted by molar-refractivity contribution is 7.80. The van der Waals surface area contributed by atoms with Crippen LogP contribution >= 0.6 is 0 Å². The molecule has 0 aliphatic heterocycles. The van der Waals surface area contributed by atoms with Crippen molar-refractivity contribution in [2.24, 2.45) is 0 Å². The molecule has 0 spiro atoms.